The van der Waals surface area contributed by atoms with Crippen molar-refractivity contribution in [3.05, 3.63) is 58.4 Å². The fraction of sp³-hybridized carbons (Fsp3) is 0.176. The molecule has 3 rings (SSSR count). The van der Waals surface area contributed by atoms with Crippen LogP contribution in [-0.4, -0.2) is 37.9 Å². The maximum Gasteiger partial charge on any atom is 0.345 e. The number of halogens is 5. The fourth-order valence-corrected chi connectivity index (χ4v) is 3.83. The second-order valence-electron chi connectivity index (χ2n) is 6.12. The van der Waals surface area contributed by atoms with Crippen molar-refractivity contribution in [3.8, 4) is 5.75 Å². The van der Waals surface area contributed by atoms with Crippen LogP contribution < -0.4 is 9.46 Å². The van der Waals surface area contributed by atoms with Gasteiger partial charge in [0.05, 0.1) is 6.54 Å². The average molecular weight is 451 g/mol. The number of Topliss-reactive ketones (excluding diaryl/α,β-unsaturated/α-hetero) is 1. The van der Waals surface area contributed by atoms with Gasteiger partial charge in [-0.05, 0) is 23.8 Å². The van der Waals surface area contributed by atoms with Gasteiger partial charge < -0.3 is 9.84 Å². The smallest absolute Gasteiger partial charge is 0.345 e. The van der Waals surface area contributed by atoms with Gasteiger partial charge in [0.25, 0.3) is 0 Å². The van der Waals surface area contributed by atoms with Crippen molar-refractivity contribution in [2.75, 3.05) is 6.54 Å². The summed E-state index contributed by atoms with van der Waals surface area (Å²) in [6.07, 6.45) is -1.21. The Balaban J connectivity index is 1.81. The largest absolute Gasteiger partial charge is 0.478 e. The Hall–Kier alpha value is -3.06. The van der Waals surface area contributed by atoms with Gasteiger partial charge in [-0.15, -0.1) is 0 Å². The van der Waals surface area contributed by atoms with Crippen molar-refractivity contribution >= 4 is 21.8 Å². The number of fused-ring (bicyclic) bond motifs is 1. The van der Waals surface area contributed by atoms with E-state index in [0.717, 1.165) is 0 Å². The Kier molecular flexibility index (Phi) is 5.52. The van der Waals surface area contributed by atoms with E-state index in [4.69, 9.17) is 9.84 Å². The Morgan fingerprint density at radius 2 is 1.60 bits per heavy atom. The van der Waals surface area contributed by atoms with Crippen molar-refractivity contribution in [2.24, 2.45) is 0 Å². The van der Waals surface area contributed by atoms with Gasteiger partial charge in [0.2, 0.25) is 15.8 Å². The quantitative estimate of drug-likeness (QED) is 0.301. The van der Waals surface area contributed by atoms with Gasteiger partial charge in [0.15, 0.2) is 40.1 Å². The molecule has 1 heterocycles. The predicted molar refractivity (Wildman–Crippen MR) is 87.9 cm³/mol. The summed E-state index contributed by atoms with van der Waals surface area (Å²) in [5.74, 6) is -14.5. The maximum absolute atomic E-state index is 13.7. The van der Waals surface area contributed by atoms with E-state index >= 15 is 0 Å². The molecule has 0 spiro atoms. The second-order valence-corrected chi connectivity index (χ2v) is 7.82. The lowest BCUT2D eigenvalue weighted by molar-refractivity contribution is -0.144. The van der Waals surface area contributed by atoms with Crippen molar-refractivity contribution < 1.29 is 49.8 Å². The number of carboxylic acids is 1. The third-order valence-corrected chi connectivity index (χ3v) is 5.61. The molecular weight excluding hydrogens is 441 g/mol. The van der Waals surface area contributed by atoms with E-state index in [1.165, 1.54) is 22.9 Å². The predicted octanol–water partition coefficient (Wildman–Crippen LogP) is 1.93. The topological polar surface area (TPSA) is 110 Å². The zero-order chi connectivity index (χ0) is 22.4. The summed E-state index contributed by atoms with van der Waals surface area (Å²) in [7, 11) is -5.29. The summed E-state index contributed by atoms with van der Waals surface area (Å²) < 4.78 is 97.7. The molecule has 7 nitrogen and oxygen atoms in total. The molecule has 0 radical (unpaired) electrons. The van der Waals surface area contributed by atoms with Crippen LogP contribution in [-0.2, 0) is 21.2 Å². The van der Waals surface area contributed by atoms with Crippen LogP contribution in [0.3, 0.4) is 0 Å². The minimum atomic E-state index is -5.29. The third-order valence-electron chi connectivity index (χ3n) is 4.19. The lowest BCUT2D eigenvalue weighted by atomic mass is 10.0. The van der Waals surface area contributed by atoms with Gasteiger partial charge in [-0.1, -0.05) is 0 Å². The first-order valence-corrected chi connectivity index (χ1v) is 9.49. The first-order chi connectivity index (χ1) is 13.9. The van der Waals surface area contributed by atoms with E-state index in [-0.39, 0.29) is 17.7 Å². The molecule has 1 atom stereocenters. The first kappa shape index (κ1) is 21.6. The van der Waals surface area contributed by atoms with Gasteiger partial charge in [-0.25, -0.2) is 39.9 Å². The lowest BCUT2D eigenvalue weighted by Gasteiger charge is -2.10. The van der Waals surface area contributed by atoms with Crippen LogP contribution in [0, 0.1) is 29.1 Å². The first-order valence-electron chi connectivity index (χ1n) is 8.00. The summed E-state index contributed by atoms with van der Waals surface area (Å²) in [4.78, 5) is 21.1. The lowest BCUT2D eigenvalue weighted by Crippen LogP contribution is -2.31. The molecule has 1 aliphatic heterocycles. The molecule has 0 aromatic heterocycles. The zero-order valence-electron chi connectivity index (χ0n) is 14.5. The van der Waals surface area contributed by atoms with E-state index in [0.29, 0.717) is 5.56 Å². The maximum atomic E-state index is 13.7. The van der Waals surface area contributed by atoms with Crippen molar-refractivity contribution in [1.29, 1.82) is 0 Å². The molecule has 30 heavy (non-hydrogen) atoms. The molecule has 0 amide bonds. The number of benzene rings is 2. The van der Waals surface area contributed by atoms with Crippen LogP contribution >= 0.6 is 0 Å². The van der Waals surface area contributed by atoms with Crippen LogP contribution in [0.1, 0.15) is 15.9 Å². The Morgan fingerprint density at radius 1 is 1.03 bits per heavy atom. The monoisotopic (exact) mass is 451 g/mol. The number of ether oxygens (including phenoxy) is 1. The molecule has 1 aliphatic rings. The summed E-state index contributed by atoms with van der Waals surface area (Å²) >= 11 is 0. The third kappa shape index (κ3) is 3.73. The number of carbonyl (C=O) groups is 2. The molecule has 13 heteroatoms. The average Bonchev–Trinajstić information content (AvgIpc) is 3.12. The highest BCUT2D eigenvalue weighted by Gasteiger charge is 2.34. The van der Waals surface area contributed by atoms with Gasteiger partial charge in [-0.3, -0.25) is 4.79 Å². The van der Waals surface area contributed by atoms with Gasteiger partial charge >= 0.3 is 5.97 Å². The van der Waals surface area contributed by atoms with E-state index in [1.54, 1.807) is 0 Å². The zero-order valence-corrected chi connectivity index (χ0v) is 15.3. The van der Waals surface area contributed by atoms with Crippen LogP contribution in [0.25, 0.3) is 0 Å². The molecule has 2 N–H and O–H groups in total. The Bertz CT molecular complexity index is 1150. The molecule has 0 bridgehead atoms. The highest BCUT2D eigenvalue weighted by atomic mass is 32.2. The molecule has 0 fully saturated rings. The number of ketones is 1. The molecule has 0 aliphatic carbocycles. The molecule has 1 unspecified atom stereocenters. The Labute approximate surface area is 165 Å². The number of hydrogen-bond donors (Lipinski definition) is 2. The van der Waals surface area contributed by atoms with E-state index < -0.39 is 68.4 Å². The molecule has 160 valence electrons. The number of sulfonamides is 1. The van der Waals surface area contributed by atoms with Crippen LogP contribution in [0.2, 0.25) is 0 Å². The molecular formula is C17H10F5NO6S. The fourth-order valence-electron chi connectivity index (χ4n) is 2.72. The molecule has 0 saturated heterocycles. The number of rotatable bonds is 6. The Morgan fingerprint density at radius 3 is 2.17 bits per heavy atom. The minimum absolute atomic E-state index is 0.0535. The number of carbonyl (C=O) groups excluding carboxylic acids is 1. The second kappa shape index (κ2) is 7.65. The van der Waals surface area contributed by atoms with Crippen LogP contribution in [0.4, 0.5) is 22.0 Å². The summed E-state index contributed by atoms with van der Waals surface area (Å²) in [5, 5.41) is 8.94. The normalized spacial score (nSPS) is 15.6. The molecule has 2 aromatic carbocycles. The standard InChI is InChI=1S/C17H10F5NO6S/c18-11-12(19)14(21)16(15(22)13(11)20)30(27,28)23-5-8(24)6-1-2-9-7(3-6)4-10(29-9)17(25)26/h1-3,10,23H,4-5H2,(H,25,26). The van der Waals surface area contributed by atoms with E-state index in [9.17, 15) is 40.0 Å². The van der Waals surface area contributed by atoms with Crippen molar-refractivity contribution in [3.63, 3.8) is 0 Å². The van der Waals surface area contributed by atoms with Crippen molar-refractivity contribution in [1.82, 2.24) is 4.72 Å². The molecule has 0 saturated carbocycles. The van der Waals surface area contributed by atoms with Gasteiger partial charge in [-0.2, -0.15) is 0 Å². The summed E-state index contributed by atoms with van der Waals surface area (Å²) in [5.41, 5.74) is 0.263. The number of hydrogen-bond acceptors (Lipinski definition) is 5. The van der Waals surface area contributed by atoms with E-state index in [1.807, 2.05) is 0 Å². The van der Waals surface area contributed by atoms with E-state index in [2.05, 4.69) is 0 Å². The SMILES string of the molecule is O=C(CNS(=O)(=O)c1c(F)c(F)c(F)c(F)c1F)c1ccc2c(c1)CC(C(=O)O)O2. The highest BCUT2D eigenvalue weighted by molar-refractivity contribution is 7.89. The van der Waals surface area contributed by atoms with Crippen LogP contribution in [0.5, 0.6) is 5.75 Å². The number of nitrogens with one attached hydrogen (secondary N) is 1. The van der Waals surface area contributed by atoms with Crippen molar-refractivity contribution in [2.45, 2.75) is 17.4 Å². The minimum Gasteiger partial charge on any atom is -0.478 e. The summed E-state index contributed by atoms with van der Waals surface area (Å²) in [6, 6.07) is 3.72. The number of aliphatic carboxylic acids is 1. The molecule has 2 aromatic rings. The van der Waals surface area contributed by atoms with Gasteiger partial charge in [0, 0.05) is 12.0 Å². The number of carboxylic acid groups (broad SMARTS) is 1. The highest BCUT2D eigenvalue weighted by Crippen LogP contribution is 2.30. The summed E-state index contributed by atoms with van der Waals surface area (Å²) in [6.45, 7) is -1.07. The van der Waals surface area contributed by atoms with Gasteiger partial charge in [0.1, 0.15) is 5.75 Å². The van der Waals surface area contributed by atoms with Crippen LogP contribution in [0.15, 0.2) is 23.1 Å².